The Labute approximate surface area is 128 Å². The van der Waals surface area contributed by atoms with E-state index in [2.05, 4.69) is 0 Å². The van der Waals surface area contributed by atoms with E-state index in [0.717, 1.165) is 12.8 Å². The molecular weight excluding hydrogens is 266 g/mol. The van der Waals surface area contributed by atoms with Crippen LogP contribution in [0.3, 0.4) is 0 Å². The molecule has 0 bridgehead atoms. The number of hydrogen-bond donors (Lipinski definition) is 1. The summed E-state index contributed by atoms with van der Waals surface area (Å²) in [5.74, 6) is 0.232. The SMILES string of the molecule is CC(C)N(C)C(=O)C1CCN(C(=O)[C@@H](N)C(C)(C)C)CC1. The summed E-state index contributed by atoms with van der Waals surface area (Å²) in [6.07, 6.45) is 1.47. The minimum Gasteiger partial charge on any atom is -0.343 e. The molecule has 1 saturated heterocycles. The molecule has 0 aromatic carbocycles. The van der Waals surface area contributed by atoms with Gasteiger partial charge in [0.2, 0.25) is 11.8 Å². The number of hydrogen-bond acceptors (Lipinski definition) is 3. The van der Waals surface area contributed by atoms with Gasteiger partial charge in [0.25, 0.3) is 0 Å². The molecular formula is C16H31N3O2. The molecule has 1 fully saturated rings. The third-order valence-electron chi connectivity index (χ3n) is 4.48. The normalized spacial score (nSPS) is 18.8. The number of rotatable bonds is 3. The molecule has 0 radical (unpaired) electrons. The molecule has 21 heavy (non-hydrogen) atoms. The van der Waals surface area contributed by atoms with Crippen LogP contribution in [0.4, 0.5) is 0 Å². The standard InChI is InChI=1S/C16H31N3O2/c1-11(2)18(6)14(20)12-7-9-19(10-8-12)15(21)13(17)16(3,4)5/h11-13H,7-10,17H2,1-6H3/t13-/m1/s1. The van der Waals surface area contributed by atoms with Gasteiger partial charge in [-0.25, -0.2) is 0 Å². The van der Waals surface area contributed by atoms with Crippen LogP contribution in [0.5, 0.6) is 0 Å². The maximum absolute atomic E-state index is 12.4. The molecule has 5 nitrogen and oxygen atoms in total. The molecule has 1 aliphatic heterocycles. The van der Waals surface area contributed by atoms with Crippen molar-refractivity contribution in [1.82, 2.24) is 9.80 Å². The van der Waals surface area contributed by atoms with Crippen molar-refractivity contribution in [3.8, 4) is 0 Å². The van der Waals surface area contributed by atoms with Crippen LogP contribution in [0.25, 0.3) is 0 Å². The second-order valence-corrected chi connectivity index (χ2v) is 7.49. The summed E-state index contributed by atoms with van der Waals surface area (Å²) in [4.78, 5) is 28.3. The van der Waals surface area contributed by atoms with Crippen LogP contribution in [0.15, 0.2) is 0 Å². The van der Waals surface area contributed by atoms with Gasteiger partial charge >= 0.3 is 0 Å². The maximum Gasteiger partial charge on any atom is 0.240 e. The smallest absolute Gasteiger partial charge is 0.240 e. The lowest BCUT2D eigenvalue weighted by Crippen LogP contribution is -2.53. The topological polar surface area (TPSA) is 66.6 Å². The summed E-state index contributed by atoms with van der Waals surface area (Å²) < 4.78 is 0. The van der Waals surface area contributed by atoms with Gasteiger partial charge in [0.05, 0.1) is 6.04 Å². The van der Waals surface area contributed by atoms with E-state index >= 15 is 0 Å². The maximum atomic E-state index is 12.4. The summed E-state index contributed by atoms with van der Waals surface area (Å²) in [5, 5.41) is 0. The lowest BCUT2D eigenvalue weighted by atomic mass is 9.85. The predicted molar refractivity (Wildman–Crippen MR) is 84.6 cm³/mol. The largest absolute Gasteiger partial charge is 0.343 e. The van der Waals surface area contributed by atoms with Gasteiger partial charge in [-0.3, -0.25) is 9.59 Å². The number of carbonyl (C=O) groups is 2. The van der Waals surface area contributed by atoms with Gasteiger partial charge in [-0.15, -0.1) is 0 Å². The lowest BCUT2D eigenvalue weighted by molar-refractivity contribution is -0.142. The third kappa shape index (κ3) is 4.43. The molecule has 2 N–H and O–H groups in total. The highest BCUT2D eigenvalue weighted by Gasteiger charge is 2.35. The Hall–Kier alpha value is -1.10. The van der Waals surface area contributed by atoms with Crippen LogP contribution in [0.1, 0.15) is 47.5 Å². The molecule has 1 heterocycles. The van der Waals surface area contributed by atoms with Crippen molar-refractivity contribution in [1.29, 1.82) is 0 Å². The number of likely N-dealkylation sites (tertiary alicyclic amines) is 1. The molecule has 0 aromatic heterocycles. The van der Waals surface area contributed by atoms with Crippen molar-refractivity contribution in [2.75, 3.05) is 20.1 Å². The minimum absolute atomic E-state index is 0.00520. The van der Waals surface area contributed by atoms with Crippen molar-refractivity contribution in [3.05, 3.63) is 0 Å². The fraction of sp³-hybridized carbons (Fsp3) is 0.875. The van der Waals surface area contributed by atoms with Crippen molar-refractivity contribution in [2.24, 2.45) is 17.1 Å². The summed E-state index contributed by atoms with van der Waals surface area (Å²) in [6, 6.07) is -0.269. The molecule has 1 rings (SSSR count). The second-order valence-electron chi connectivity index (χ2n) is 7.49. The van der Waals surface area contributed by atoms with Gasteiger partial charge in [-0.1, -0.05) is 20.8 Å². The first-order chi connectivity index (χ1) is 9.55. The molecule has 1 atom stereocenters. The van der Waals surface area contributed by atoms with Gasteiger partial charge in [0.15, 0.2) is 0 Å². The van der Waals surface area contributed by atoms with Crippen molar-refractivity contribution >= 4 is 11.8 Å². The van der Waals surface area contributed by atoms with E-state index in [1.54, 1.807) is 4.90 Å². The van der Waals surface area contributed by atoms with E-state index in [1.165, 1.54) is 0 Å². The number of piperidine rings is 1. The van der Waals surface area contributed by atoms with Crippen LogP contribution in [-0.4, -0.2) is 53.8 Å². The van der Waals surface area contributed by atoms with E-state index in [1.807, 2.05) is 46.6 Å². The molecule has 1 aliphatic rings. The highest BCUT2D eigenvalue weighted by atomic mass is 16.2. The average molecular weight is 297 g/mol. The Morgan fingerprint density at radius 2 is 1.67 bits per heavy atom. The Morgan fingerprint density at radius 1 is 1.19 bits per heavy atom. The zero-order valence-corrected chi connectivity index (χ0v) is 14.3. The molecule has 0 spiro atoms. The van der Waals surface area contributed by atoms with Crippen molar-refractivity contribution in [2.45, 2.75) is 59.5 Å². The zero-order valence-electron chi connectivity index (χ0n) is 14.3. The van der Waals surface area contributed by atoms with Gasteiger partial charge in [-0.05, 0) is 32.1 Å². The fourth-order valence-electron chi connectivity index (χ4n) is 2.46. The number of nitrogens with two attached hydrogens (primary N) is 1. The molecule has 0 aliphatic carbocycles. The third-order valence-corrected chi connectivity index (χ3v) is 4.48. The average Bonchev–Trinajstić information content (AvgIpc) is 2.43. The Bertz CT molecular complexity index is 379. The molecule has 2 amide bonds. The van der Waals surface area contributed by atoms with Crippen LogP contribution < -0.4 is 5.73 Å². The van der Waals surface area contributed by atoms with E-state index in [4.69, 9.17) is 5.73 Å². The van der Waals surface area contributed by atoms with Crippen LogP contribution >= 0.6 is 0 Å². The first-order valence-corrected chi connectivity index (χ1v) is 7.86. The first-order valence-electron chi connectivity index (χ1n) is 7.86. The highest BCUT2D eigenvalue weighted by molar-refractivity contribution is 5.83. The molecule has 0 saturated carbocycles. The van der Waals surface area contributed by atoms with Gasteiger partial charge in [-0.2, -0.15) is 0 Å². The Kier molecular flexibility index (Phi) is 5.79. The Balaban J connectivity index is 2.56. The Morgan fingerprint density at radius 3 is 2.05 bits per heavy atom. The fourth-order valence-corrected chi connectivity index (χ4v) is 2.46. The molecule has 0 unspecified atom stereocenters. The quantitative estimate of drug-likeness (QED) is 0.857. The summed E-state index contributed by atoms with van der Waals surface area (Å²) in [7, 11) is 1.85. The first kappa shape index (κ1) is 18.0. The van der Waals surface area contributed by atoms with Gasteiger partial charge < -0.3 is 15.5 Å². The number of amides is 2. The minimum atomic E-state index is -0.483. The number of nitrogens with zero attached hydrogens (tertiary/aromatic N) is 2. The summed E-state index contributed by atoms with van der Waals surface area (Å²) in [6.45, 7) is 11.2. The van der Waals surface area contributed by atoms with Crippen LogP contribution in [0, 0.1) is 11.3 Å². The lowest BCUT2D eigenvalue weighted by Gasteiger charge is -2.37. The van der Waals surface area contributed by atoms with Gasteiger partial charge in [0.1, 0.15) is 0 Å². The predicted octanol–water partition coefficient (Wildman–Crippen LogP) is 1.47. The van der Waals surface area contributed by atoms with E-state index < -0.39 is 6.04 Å². The van der Waals surface area contributed by atoms with E-state index in [0.29, 0.717) is 13.1 Å². The van der Waals surface area contributed by atoms with Crippen LogP contribution in [-0.2, 0) is 9.59 Å². The van der Waals surface area contributed by atoms with E-state index in [9.17, 15) is 9.59 Å². The van der Waals surface area contributed by atoms with Crippen LogP contribution in [0.2, 0.25) is 0 Å². The zero-order chi connectivity index (χ0) is 16.4. The monoisotopic (exact) mass is 297 g/mol. The number of carbonyl (C=O) groups excluding carboxylic acids is 2. The van der Waals surface area contributed by atoms with Crippen molar-refractivity contribution < 1.29 is 9.59 Å². The van der Waals surface area contributed by atoms with Gasteiger partial charge in [0, 0.05) is 32.1 Å². The molecule has 5 heteroatoms. The molecule has 0 aromatic rings. The van der Waals surface area contributed by atoms with Crippen molar-refractivity contribution in [3.63, 3.8) is 0 Å². The molecule has 122 valence electrons. The van der Waals surface area contributed by atoms with E-state index in [-0.39, 0.29) is 29.2 Å². The summed E-state index contributed by atoms with van der Waals surface area (Å²) in [5.41, 5.74) is 5.81. The second kappa shape index (κ2) is 6.77. The highest BCUT2D eigenvalue weighted by Crippen LogP contribution is 2.24. The summed E-state index contributed by atoms with van der Waals surface area (Å²) >= 11 is 0.